The smallest absolute Gasteiger partial charge is 0.276 e. The van der Waals surface area contributed by atoms with Crippen LogP contribution in [0.3, 0.4) is 0 Å². The molecule has 0 bridgehead atoms. The lowest BCUT2D eigenvalue weighted by molar-refractivity contribution is 0.0718. The molecular formula is C13H21N5O2. The van der Waals surface area contributed by atoms with Gasteiger partial charge in [-0.3, -0.25) is 4.79 Å². The van der Waals surface area contributed by atoms with Crippen LogP contribution in [0.15, 0.2) is 6.20 Å². The van der Waals surface area contributed by atoms with Gasteiger partial charge in [0.25, 0.3) is 5.91 Å². The molecule has 0 aromatic carbocycles. The molecule has 7 heteroatoms. The molecule has 3 heterocycles. The highest BCUT2D eigenvalue weighted by molar-refractivity contribution is 5.92. The molecule has 3 rings (SSSR count). The number of amides is 1. The highest BCUT2D eigenvalue weighted by Gasteiger charge is 2.31. The van der Waals surface area contributed by atoms with E-state index in [9.17, 15) is 4.79 Å². The number of hydrogen-bond acceptors (Lipinski definition) is 5. The maximum Gasteiger partial charge on any atom is 0.276 e. The molecule has 0 saturated carbocycles. The van der Waals surface area contributed by atoms with Crippen LogP contribution in [0.1, 0.15) is 42.2 Å². The summed E-state index contributed by atoms with van der Waals surface area (Å²) in [5, 5.41) is 20.2. The minimum atomic E-state index is -0.0241. The van der Waals surface area contributed by atoms with Crippen molar-refractivity contribution in [2.24, 2.45) is 0 Å². The molecule has 1 amide bonds. The summed E-state index contributed by atoms with van der Waals surface area (Å²) in [6, 6.07) is 0.568. The highest BCUT2D eigenvalue weighted by atomic mass is 16.3. The highest BCUT2D eigenvalue weighted by Crippen LogP contribution is 2.23. The Morgan fingerprint density at radius 3 is 3.05 bits per heavy atom. The van der Waals surface area contributed by atoms with Crippen LogP contribution in [0.4, 0.5) is 0 Å². The second kappa shape index (κ2) is 5.88. The molecule has 2 aliphatic heterocycles. The van der Waals surface area contributed by atoms with Gasteiger partial charge in [-0.15, -0.1) is 5.10 Å². The van der Waals surface area contributed by atoms with E-state index in [1.54, 1.807) is 10.9 Å². The number of aromatic nitrogens is 3. The first kappa shape index (κ1) is 13.5. The third-order valence-electron chi connectivity index (χ3n) is 4.20. The molecule has 2 aliphatic rings. The first-order chi connectivity index (χ1) is 9.79. The molecule has 0 radical (unpaired) electrons. The maximum atomic E-state index is 12.5. The number of rotatable bonds is 5. The number of nitrogens with zero attached hydrogens (tertiary/aromatic N) is 4. The summed E-state index contributed by atoms with van der Waals surface area (Å²) in [6.07, 6.45) is 5.42. The summed E-state index contributed by atoms with van der Waals surface area (Å²) in [6.45, 7) is 2.75. The fourth-order valence-electron chi connectivity index (χ4n) is 2.89. The van der Waals surface area contributed by atoms with E-state index < -0.39 is 0 Å². The molecule has 110 valence electrons. The van der Waals surface area contributed by atoms with E-state index in [1.807, 2.05) is 4.90 Å². The Hall–Kier alpha value is -1.47. The number of hydrogen-bond donors (Lipinski definition) is 2. The fraction of sp³-hybridized carbons (Fsp3) is 0.769. The Balaban J connectivity index is 1.66. The Bertz CT molecular complexity index is 471. The fourth-order valence-corrected chi connectivity index (χ4v) is 2.89. The van der Waals surface area contributed by atoms with Gasteiger partial charge in [-0.25, -0.2) is 4.68 Å². The summed E-state index contributed by atoms with van der Waals surface area (Å²) in [5.74, 6) is -0.0241. The van der Waals surface area contributed by atoms with Crippen molar-refractivity contribution in [3.63, 3.8) is 0 Å². The second-order valence-corrected chi connectivity index (χ2v) is 5.56. The van der Waals surface area contributed by atoms with E-state index in [-0.39, 0.29) is 18.6 Å². The van der Waals surface area contributed by atoms with Crippen molar-refractivity contribution in [1.29, 1.82) is 0 Å². The van der Waals surface area contributed by atoms with Crippen molar-refractivity contribution >= 4 is 5.91 Å². The van der Waals surface area contributed by atoms with Gasteiger partial charge >= 0.3 is 0 Å². The van der Waals surface area contributed by atoms with Crippen molar-refractivity contribution in [2.75, 3.05) is 26.2 Å². The van der Waals surface area contributed by atoms with E-state index in [4.69, 9.17) is 5.11 Å². The lowest BCUT2D eigenvalue weighted by Gasteiger charge is -2.26. The van der Waals surface area contributed by atoms with Gasteiger partial charge in [-0.1, -0.05) is 5.21 Å². The van der Waals surface area contributed by atoms with Crippen LogP contribution < -0.4 is 5.32 Å². The molecule has 0 spiro atoms. The van der Waals surface area contributed by atoms with Crippen molar-refractivity contribution in [3.8, 4) is 0 Å². The maximum absolute atomic E-state index is 12.5. The topological polar surface area (TPSA) is 83.3 Å². The minimum Gasteiger partial charge on any atom is -0.396 e. The Labute approximate surface area is 117 Å². The Morgan fingerprint density at radius 1 is 1.50 bits per heavy atom. The van der Waals surface area contributed by atoms with Crippen LogP contribution in [-0.4, -0.2) is 63.2 Å². The third-order valence-corrected chi connectivity index (χ3v) is 4.20. The number of carbonyl (C=O) groups excluding carboxylic acids is 1. The largest absolute Gasteiger partial charge is 0.396 e. The van der Waals surface area contributed by atoms with E-state index in [0.29, 0.717) is 11.7 Å². The van der Waals surface area contributed by atoms with E-state index >= 15 is 0 Å². The zero-order chi connectivity index (χ0) is 13.9. The Morgan fingerprint density at radius 2 is 2.35 bits per heavy atom. The molecule has 1 unspecified atom stereocenters. The summed E-state index contributed by atoms with van der Waals surface area (Å²) < 4.78 is 1.78. The van der Waals surface area contributed by atoms with Crippen LogP contribution in [0.25, 0.3) is 0 Å². The molecular weight excluding hydrogens is 258 g/mol. The van der Waals surface area contributed by atoms with Crippen LogP contribution in [-0.2, 0) is 0 Å². The zero-order valence-electron chi connectivity index (χ0n) is 11.5. The number of aliphatic hydroxyl groups is 1. The third kappa shape index (κ3) is 2.55. The first-order valence-corrected chi connectivity index (χ1v) is 7.34. The Kier molecular flexibility index (Phi) is 3.98. The van der Waals surface area contributed by atoms with Gasteiger partial charge < -0.3 is 15.3 Å². The van der Waals surface area contributed by atoms with Crippen LogP contribution in [0.2, 0.25) is 0 Å². The van der Waals surface area contributed by atoms with Gasteiger partial charge in [0.1, 0.15) is 0 Å². The standard InChI is InChI=1S/C13H21N5O2/c19-6-2-4-10-3-1-5-17(10)13(20)12-9-18(16-15-12)11-7-14-8-11/h9-11,14,19H,1-8H2. The molecule has 1 atom stereocenters. The average molecular weight is 279 g/mol. The van der Waals surface area contributed by atoms with Gasteiger partial charge in [0.15, 0.2) is 5.69 Å². The molecule has 2 N–H and O–H groups in total. The van der Waals surface area contributed by atoms with Crippen LogP contribution in [0, 0.1) is 0 Å². The van der Waals surface area contributed by atoms with E-state index in [1.165, 1.54) is 0 Å². The molecule has 1 aromatic heterocycles. The molecule has 2 fully saturated rings. The summed E-state index contributed by atoms with van der Waals surface area (Å²) in [5.41, 5.74) is 0.438. The number of nitrogens with one attached hydrogen (secondary N) is 1. The molecule has 20 heavy (non-hydrogen) atoms. The predicted octanol–water partition coefficient (Wildman–Crippen LogP) is -0.200. The lowest BCUT2D eigenvalue weighted by atomic mass is 10.1. The quantitative estimate of drug-likeness (QED) is 0.780. The summed E-state index contributed by atoms with van der Waals surface area (Å²) in [7, 11) is 0. The monoisotopic (exact) mass is 279 g/mol. The number of aliphatic hydroxyl groups excluding tert-OH is 1. The summed E-state index contributed by atoms with van der Waals surface area (Å²) >= 11 is 0. The van der Waals surface area contributed by atoms with Crippen molar-refractivity contribution in [3.05, 3.63) is 11.9 Å². The van der Waals surface area contributed by atoms with Crippen molar-refractivity contribution in [1.82, 2.24) is 25.2 Å². The minimum absolute atomic E-state index is 0.0241. The molecule has 0 aliphatic carbocycles. The van der Waals surface area contributed by atoms with Crippen molar-refractivity contribution < 1.29 is 9.90 Å². The van der Waals surface area contributed by atoms with Gasteiger partial charge in [-0.05, 0) is 25.7 Å². The SMILES string of the molecule is O=C(c1cn(C2CNC2)nn1)N1CCCC1CCCO. The number of carbonyl (C=O) groups is 1. The van der Waals surface area contributed by atoms with Gasteiger partial charge in [-0.2, -0.15) is 0 Å². The summed E-state index contributed by atoms with van der Waals surface area (Å²) in [4.78, 5) is 14.4. The van der Waals surface area contributed by atoms with Gasteiger partial charge in [0.05, 0.1) is 12.2 Å². The molecule has 7 nitrogen and oxygen atoms in total. The average Bonchev–Trinajstić information content (AvgIpc) is 3.02. The van der Waals surface area contributed by atoms with E-state index in [0.717, 1.165) is 45.3 Å². The van der Waals surface area contributed by atoms with Gasteiger partial charge in [0, 0.05) is 32.3 Å². The zero-order valence-corrected chi connectivity index (χ0v) is 11.5. The number of likely N-dealkylation sites (tertiary alicyclic amines) is 1. The second-order valence-electron chi connectivity index (χ2n) is 5.56. The lowest BCUT2D eigenvalue weighted by Crippen LogP contribution is -2.43. The van der Waals surface area contributed by atoms with Crippen LogP contribution >= 0.6 is 0 Å². The molecule has 2 saturated heterocycles. The first-order valence-electron chi connectivity index (χ1n) is 7.34. The van der Waals surface area contributed by atoms with Gasteiger partial charge in [0.2, 0.25) is 0 Å². The van der Waals surface area contributed by atoms with Crippen LogP contribution in [0.5, 0.6) is 0 Å². The predicted molar refractivity (Wildman–Crippen MR) is 72.3 cm³/mol. The molecule has 1 aromatic rings. The van der Waals surface area contributed by atoms with Crippen molar-refractivity contribution in [2.45, 2.75) is 37.8 Å². The van der Waals surface area contributed by atoms with E-state index in [2.05, 4.69) is 15.6 Å². The normalized spacial score (nSPS) is 23.1.